The van der Waals surface area contributed by atoms with E-state index in [1.165, 1.54) is 0 Å². The largest absolute Gasteiger partial charge is 0.397 e. The first-order valence-corrected chi connectivity index (χ1v) is 9.57. The number of rotatable bonds is 6. The Morgan fingerprint density at radius 2 is 1.41 bits per heavy atom. The van der Waals surface area contributed by atoms with Crippen molar-refractivity contribution in [2.24, 2.45) is 5.92 Å². The lowest BCUT2D eigenvalue weighted by atomic mass is 9.87. The number of hydrogen-bond donors (Lipinski definition) is 3. The molecule has 3 aromatic carbocycles. The smallest absolute Gasteiger partial charge is 0.255 e. The summed E-state index contributed by atoms with van der Waals surface area (Å²) < 4.78 is 0. The van der Waals surface area contributed by atoms with Crippen LogP contribution in [0.1, 0.15) is 35.7 Å². The summed E-state index contributed by atoms with van der Waals surface area (Å²) in [5.41, 5.74) is 9.05. The Labute approximate surface area is 170 Å². The van der Waals surface area contributed by atoms with Crippen LogP contribution in [-0.4, -0.2) is 11.8 Å². The number of anilines is 3. The van der Waals surface area contributed by atoms with Crippen molar-refractivity contribution in [3.63, 3.8) is 0 Å². The fourth-order valence-electron chi connectivity index (χ4n) is 3.23. The Balaban J connectivity index is 1.69. The third kappa shape index (κ3) is 5.02. The number of carbonyl (C=O) groups is 2. The minimum atomic E-state index is -0.259. The molecule has 0 aromatic heterocycles. The van der Waals surface area contributed by atoms with E-state index in [1.54, 1.807) is 36.4 Å². The van der Waals surface area contributed by atoms with Crippen LogP contribution in [0.3, 0.4) is 0 Å². The minimum absolute atomic E-state index is 0.0690. The number of carbonyl (C=O) groups excluding carboxylic acids is 2. The predicted molar refractivity (Wildman–Crippen MR) is 118 cm³/mol. The summed E-state index contributed by atoms with van der Waals surface area (Å²) >= 11 is 0. The summed E-state index contributed by atoms with van der Waals surface area (Å²) in [5, 5.41) is 5.75. The van der Waals surface area contributed by atoms with Gasteiger partial charge in [0.15, 0.2) is 0 Å². The Hall–Kier alpha value is -3.60. The molecular weight excluding hydrogens is 362 g/mol. The summed E-state index contributed by atoms with van der Waals surface area (Å²) in [4.78, 5) is 25.3. The third-order valence-corrected chi connectivity index (χ3v) is 4.73. The highest BCUT2D eigenvalue weighted by atomic mass is 16.2. The minimum Gasteiger partial charge on any atom is -0.397 e. The molecule has 5 heteroatoms. The van der Waals surface area contributed by atoms with E-state index in [1.807, 2.05) is 56.3 Å². The highest BCUT2D eigenvalue weighted by molar-refractivity contribution is 6.06. The molecule has 3 rings (SSSR count). The van der Waals surface area contributed by atoms with Crippen LogP contribution < -0.4 is 16.4 Å². The maximum Gasteiger partial charge on any atom is 0.255 e. The molecule has 0 saturated carbocycles. The number of para-hydroxylation sites is 2. The number of hydrogen-bond acceptors (Lipinski definition) is 3. The monoisotopic (exact) mass is 387 g/mol. The van der Waals surface area contributed by atoms with Crippen LogP contribution in [0, 0.1) is 5.92 Å². The molecule has 0 saturated heterocycles. The third-order valence-electron chi connectivity index (χ3n) is 4.73. The van der Waals surface area contributed by atoms with Crippen molar-refractivity contribution in [1.82, 2.24) is 0 Å². The van der Waals surface area contributed by atoms with Crippen molar-refractivity contribution in [3.8, 4) is 0 Å². The number of nitrogen functional groups attached to an aromatic ring is 1. The van der Waals surface area contributed by atoms with E-state index >= 15 is 0 Å². The molecule has 0 radical (unpaired) electrons. The molecule has 4 N–H and O–H groups in total. The second-order valence-electron chi connectivity index (χ2n) is 7.24. The van der Waals surface area contributed by atoms with Gasteiger partial charge in [0.2, 0.25) is 5.91 Å². The van der Waals surface area contributed by atoms with Crippen molar-refractivity contribution in [2.45, 2.75) is 19.8 Å². The molecule has 0 fully saturated rings. The van der Waals surface area contributed by atoms with Gasteiger partial charge in [-0.25, -0.2) is 0 Å². The van der Waals surface area contributed by atoms with Crippen molar-refractivity contribution >= 4 is 28.9 Å². The molecule has 0 aliphatic rings. The Bertz CT molecular complexity index is 983. The van der Waals surface area contributed by atoms with Gasteiger partial charge in [0.05, 0.1) is 17.3 Å². The van der Waals surface area contributed by atoms with Crippen molar-refractivity contribution in [2.75, 3.05) is 16.4 Å². The maximum absolute atomic E-state index is 12.8. The van der Waals surface area contributed by atoms with Gasteiger partial charge < -0.3 is 16.4 Å². The van der Waals surface area contributed by atoms with Crippen molar-refractivity contribution in [3.05, 3.63) is 90.0 Å². The fraction of sp³-hybridized carbons (Fsp3) is 0.167. The first kappa shape index (κ1) is 20.1. The quantitative estimate of drug-likeness (QED) is 0.526. The molecule has 0 unspecified atom stereocenters. The molecule has 1 atom stereocenters. The standard InChI is InChI=1S/C24H25N3O2/c1-16(2)22(17-8-4-3-5-9-17)24(29)26-19-14-12-18(13-15-19)23(28)27-21-11-7-6-10-20(21)25/h3-16,22H,25H2,1-2H3,(H,26,29)(H,27,28)/t22-/m1/s1. The van der Waals surface area contributed by atoms with Crippen molar-refractivity contribution in [1.29, 1.82) is 0 Å². The molecule has 0 heterocycles. The number of benzene rings is 3. The Morgan fingerprint density at radius 3 is 2.03 bits per heavy atom. The second kappa shape index (κ2) is 9.06. The van der Waals surface area contributed by atoms with Crippen LogP contribution >= 0.6 is 0 Å². The molecule has 29 heavy (non-hydrogen) atoms. The highest BCUT2D eigenvalue weighted by Gasteiger charge is 2.24. The first-order chi connectivity index (χ1) is 14.0. The lowest BCUT2D eigenvalue weighted by Gasteiger charge is -2.21. The zero-order chi connectivity index (χ0) is 20.8. The molecule has 2 amide bonds. The van der Waals surface area contributed by atoms with Gasteiger partial charge in [-0.2, -0.15) is 0 Å². The fourth-order valence-corrected chi connectivity index (χ4v) is 3.23. The molecule has 5 nitrogen and oxygen atoms in total. The van der Waals surface area contributed by atoms with Gasteiger partial charge >= 0.3 is 0 Å². The van der Waals surface area contributed by atoms with E-state index < -0.39 is 0 Å². The van der Waals surface area contributed by atoms with E-state index in [0.717, 1.165) is 5.56 Å². The van der Waals surface area contributed by atoms with E-state index in [-0.39, 0.29) is 23.7 Å². The zero-order valence-corrected chi connectivity index (χ0v) is 16.6. The summed E-state index contributed by atoms with van der Waals surface area (Å²) in [7, 11) is 0. The summed E-state index contributed by atoms with van der Waals surface area (Å²) in [6, 6.07) is 23.6. The van der Waals surface area contributed by atoms with Crippen LogP contribution in [0.25, 0.3) is 0 Å². The van der Waals surface area contributed by atoms with Gasteiger partial charge in [0.1, 0.15) is 0 Å². The normalized spacial score (nSPS) is 11.7. The topological polar surface area (TPSA) is 84.2 Å². The van der Waals surface area contributed by atoms with Gasteiger partial charge in [0.25, 0.3) is 5.91 Å². The molecular formula is C24H25N3O2. The number of nitrogens with one attached hydrogen (secondary N) is 2. The number of nitrogens with two attached hydrogens (primary N) is 1. The summed E-state index contributed by atoms with van der Waals surface area (Å²) in [6.07, 6.45) is 0. The SMILES string of the molecule is CC(C)[C@@H](C(=O)Nc1ccc(C(=O)Nc2ccccc2N)cc1)c1ccccc1. The molecule has 0 aliphatic heterocycles. The Morgan fingerprint density at radius 1 is 0.793 bits per heavy atom. The lowest BCUT2D eigenvalue weighted by Crippen LogP contribution is -2.25. The van der Waals surface area contributed by atoms with E-state index in [0.29, 0.717) is 22.6 Å². The summed E-state index contributed by atoms with van der Waals surface area (Å²) in [6.45, 7) is 4.06. The van der Waals surface area contributed by atoms with Crippen molar-refractivity contribution < 1.29 is 9.59 Å². The van der Waals surface area contributed by atoms with E-state index in [4.69, 9.17) is 5.73 Å². The molecule has 148 valence electrons. The van der Waals surface area contributed by atoms with Crippen LogP contribution in [0.4, 0.5) is 17.1 Å². The van der Waals surface area contributed by atoms with Crippen LogP contribution in [-0.2, 0) is 4.79 Å². The number of amides is 2. The average Bonchev–Trinajstić information content (AvgIpc) is 2.71. The second-order valence-corrected chi connectivity index (χ2v) is 7.24. The molecule has 0 spiro atoms. The zero-order valence-electron chi connectivity index (χ0n) is 16.6. The van der Waals surface area contributed by atoms with E-state index in [2.05, 4.69) is 10.6 Å². The van der Waals surface area contributed by atoms with Gasteiger partial charge in [-0.3, -0.25) is 9.59 Å². The molecule has 0 aliphatic carbocycles. The molecule has 3 aromatic rings. The van der Waals surface area contributed by atoms with Gasteiger partial charge in [-0.1, -0.05) is 56.3 Å². The predicted octanol–water partition coefficient (Wildman–Crippen LogP) is 4.90. The maximum atomic E-state index is 12.8. The summed E-state index contributed by atoms with van der Waals surface area (Å²) in [5.74, 6) is -0.426. The van der Waals surface area contributed by atoms with Gasteiger partial charge in [-0.15, -0.1) is 0 Å². The van der Waals surface area contributed by atoms with Crippen LogP contribution in [0.5, 0.6) is 0 Å². The van der Waals surface area contributed by atoms with Crippen LogP contribution in [0.2, 0.25) is 0 Å². The van der Waals surface area contributed by atoms with Crippen LogP contribution in [0.15, 0.2) is 78.9 Å². The Kier molecular flexibility index (Phi) is 6.29. The van der Waals surface area contributed by atoms with E-state index in [9.17, 15) is 9.59 Å². The van der Waals surface area contributed by atoms with Gasteiger partial charge in [0, 0.05) is 11.3 Å². The highest BCUT2D eigenvalue weighted by Crippen LogP contribution is 2.26. The average molecular weight is 387 g/mol. The van der Waals surface area contributed by atoms with Gasteiger partial charge in [-0.05, 0) is 47.9 Å². The molecule has 0 bridgehead atoms. The first-order valence-electron chi connectivity index (χ1n) is 9.57. The lowest BCUT2D eigenvalue weighted by molar-refractivity contribution is -0.118.